The van der Waals surface area contributed by atoms with Crippen LogP contribution in [0.4, 0.5) is 4.39 Å². The first-order chi connectivity index (χ1) is 13.6. The molecule has 0 spiro atoms. The molecule has 152 valence electrons. The SMILES string of the molecule is CCOc1cc(C(=O)NCCOc2ccc(F)cc2)cc(OCC)c1OCC. The number of rotatable bonds is 11. The summed E-state index contributed by atoms with van der Waals surface area (Å²) in [6, 6.07) is 8.97. The van der Waals surface area contributed by atoms with Crippen LogP contribution in [0.5, 0.6) is 23.0 Å². The molecule has 0 radical (unpaired) electrons. The molecule has 0 aromatic heterocycles. The van der Waals surface area contributed by atoms with E-state index < -0.39 is 0 Å². The Hall–Kier alpha value is -2.96. The van der Waals surface area contributed by atoms with Crippen molar-refractivity contribution in [2.75, 3.05) is 33.0 Å². The van der Waals surface area contributed by atoms with Crippen molar-refractivity contribution in [2.45, 2.75) is 20.8 Å². The summed E-state index contributed by atoms with van der Waals surface area (Å²) in [4.78, 5) is 12.5. The Morgan fingerprint density at radius 1 is 0.893 bits per heavy atom. The van der Waals surface area contributed by atoms with Gasteiger partial charge in [0.05, 0.1) is 26.4 Å². The summed E-state index contributed by atoms with van der Waals surface area (Å²) in [5.41, 5.74) is 0.400. The van der Waals surface area contributed by atoms with E-state index in [1.807, 2.05) is 20.8 Å². The lowest BCUT2D eigenvalue weighted by Gasteiger charge is -2.17. The monoisotopic (exact) mass is 391 g/mol. The molecule has 0 heterocycles. The Morgan fingerprint density at radius 2 is 1.46 bits per heavy atom. The number of benzene rings is 2. The minimum atomic E-state index is -0.327. The number of ether oxygens (including phenoxy) is 4. The smallest absolute Gasteiger partial charge is 0.251 e. The van der Waals surface area contributed by atoms with Crippen molar-refractivity contribution < 1.29 is 28.1 Å². The van der Waals surface area contributed by atoms with Crippen LogP contribution in [0.1, 0.15) is 31.1 Å². The molecule has 0 atom stereocenters. The van der Waals surface area contributed by atoms with E-state index in [-0.39, 0.29) is 24.9 Å². The fourth-order valence-corrected chi connectivity index (χ4v) is 2.49. The molecule has 2 aromatic carbocycles. The number of halogens is 1. The lowest BCUT2D eigenvalue weighted by molar-refractivity contribution is 0.0946. The third kappa shape index (κ3) is 6.04. The topological polar surface area (TPSA) is 66.0 Å². The van der Waals surface area contributed by atoms with Gasteiger partial charge in [-0.2, -0.15) is 0 Å². The van der Waals surface area contributed by atoms with Gasteiger partial charge in [0.2, 0.25) is 5.75 Å². The van der Waals surface area contributed by atoms with Gasteiger partial charge in [0.15, 0.2) is 11.5 Å². The predicted molar refractivity (Wildman–Crippen MR) is 104 cm³/mol. The van der Waals surface area contributed by atoms with E-state index in [1.54, 1.807) is 12.1 Å². The molecule has 0 saturated carbocycles. The van der Waals surface area contributed by atoms with Crippen molar-refractivity contribution in [3.63, 3.8) is 0 Å². The zero-order valence-corrected chi connectivity index (χ0v) is 16.4. The zero-order chi connectivity index (χ0) is 20.4. The highest BCUT2D eigenvalue weighted by atomic mass is 19.1. The van der Waals surface area contributed by atoms with Gasteiger partial charge in [0.25, 0.3) is 5.91 Å². The second-order valence-electron chi connectivity index (χ2n) is 5.66. The van der Waals surface area contributed by atoms with Gasteiger partial charge in [0, 0.05) is 5.56 Å². The molecule has 28 heavy (non-hydrogen) atoms. The molecule has 0 fully saturated rings. The van der Waals surface area contributed by atoms with Crippen LogP contribution < -0.4 is 24.3 Å². The molecule has 0 aliphatic rings. The van der Waals surface area contributed by atoms with Gasteiger partial charge in [-0.1, -0.05) is 0 Å². The Bertz CT molecular complexity index is 737. The standard InChI is InChI=1S/C21H26FNO5/c1-4-25-18-13-15(14-19(26-5-2)20(18)27-6-3)21(24)23-11-12-28-17-9-7-16(22)8-10-17/h7-10,13-14H,4-6,11-12H2,1-3H3,(H,23,24). The maximum absolute atomic E-state index is 12.9. The van der Waals surface area contributed by atoms with E-state index >= 15 is 0 Å². The first kappa shape index (κ1) is 21.3. The van der Waals surface area contributed by atoms with Crippen molar-refractivity contribution in [3.05, 3.63) is 47.8 Å². The highest BCUT2D eigenvalue weighted by molar-refractivity contribution is 5.95. The third-order valence-electron chi connectivity index (χ3n) is 3.64. The molecule has 1 amide bonds. The Balaban J connectivity index is 2.03. The normalized spacial score (nSPS) is 10.3. The van der Waals surface area contributed by atoms with Gasteiger partial charge in [-0.05, 0) is 57.2 Å². The first-order valence-corrected chi connectivity index (χ1v) is 9.32. The molecule has 0 aliphatic carbocycles. The predicted octanol–water partition coefficient (Wildman–Crippen LogP) is 3.83. The second-order valence-corrected chi connectivity index (χ2v) is 5.66. The highest BCUT2D eigenvalue weighted by Crippen LogP contribution is 2.39. The number of carbonyl (C=O) groups is 1. The van der Waals surface area contributed by atoms with Gasteiger partial charge in [-0.3, -0.25) is 4.79 Å². The zero-order valence-electron chi connectivity index (χ0n) is 16.4. The second kappa shape index (κ2) is 11.0. The maximum atomic E-state index is 12.9. The molecular formula is C21H26FNO5. The van der Waals surface area contributed by atoms with E-state index in [4.69, 9.17) is 18.9 Å². The number of amides is 1. The summed E-state index contributed by atoms with van der Waals surface area (Å²) in [6.07, 6.45) is 0. The molecule has 0 aliphatic heterocycles. The first-order valence-electron chi connectivity index (χ1n) is 9.32. The average Bonchev–Trinajstić information content (AvgIpc) is 2.69. The minimum absolute atomic E-state index is 0.255. The highest BCUT2D eigenvalue weighted by Gasteiger charge is 2.18. The van der Waals surface area contributed by atoms with Gasteiger partial charge < -0.3 is 24.3 Å². The molecule has 2 rings (SSSR count). The van der Waals surface area contributed by atoms with E-state index in [9.17, 15) is 9.18 Å². The van der Waals surface area contributed by atoms with Gasteiger partial charge in [-0.15, -0.1) is 0 Å². The summed E-state index contributed by atoms with van der Waals surface area (Å²) >= 11 is 0. The van der Waals surface area contributed by atoms with Crippen LogP contribution in [-0.4, -0.2) is 38.9 Å². The number of nitrogens with one attached hydrogen (secondary N) is 1. The summed E-state index contributed by atoms with van der Waals surface area (Å²) in [5, 5.41) is 2.78. The van der Waals surface area contributed by atoms with E-state index in [1.165, 1.54) is 24.3 Å². The van der Waals surface area contributed by atoms with Crippen molar-refractivity contribution in [2.24, 2.45) is 0 Å². The molecule has 7 heteroatoms. The molecule has 2 aromatic rings. The van der Waals surface area contributed by atoms with Crippen molar-refractivity contribution in [1.29, 1.82) is 0 Å². The van der Waals surface area contributed by atoms with E-state index in [0.29, 0.717) is 48.4 Å². The van der Waals surface area contributed by atoms with Crippen LogP contribution in [0.25, 0.3) is 0 Å². The fourth-order valence-electron chi connectivity index (χ4n) is 2.49. The lowest BCUT2D eigenvalue weighted by Crippen LogP contribution is -2.28. The van der Waals surface area contributed by atoms with Crippen LogP contribution in [0.15, 0.2) is 36.4 Å². The molecule has 0 bridgehead atoms. The Kier molecular flexibility index (Phi) is 8.39. The molecular weight excluding hydrogens is 365 g/mol. The van der Waals surface area contributed by atoms with Gasteiger partial charge >= 0.3 is 0 Å². The average molecular weight is 391 g/mol. The molecule has 1 N–H and O–H groups in total. The van der Waals surface area contributed by atoms with Crippen molar-refractivity contribution in [1.82, 2.24) is 5.32 Å². The molecule has 6 nitrogen and oxygen atoms in total. The quantitative estimate of drug-likeness (QED) is 0.590. The Morgan fingerprint density at radius 3 is 2.00 bits per heavy atom. The summed E-state index contributed by atoms with van der Waals surface area (Å²) in [7, 11) is 0. The largest absolute Gasteiger partial charge is 0.492 e. The number of hydrogen-bond donors (Lipinski definition) is 1. The van der Waals surface area contributed by atoms with E-state index in [0.717, 1.165) is 0 Å². The summed E-state index contributed by atoms with van der Waals surface area (Å²) in [5.74, 6) is 1.33. The fraction of sp³-hybridized carbons (Fsp3) is 0.381. The summed E-state index contributed by atoms with van der Waals surface area (Å²) in [6.45, 7) is 7.44. The van der Waals surface area contributed by atoms with Crippen LogP contribution in [0.3, 0.4) is 0 Å². The Labute approximate surface area is 164 Å². The number of carbonyl (C=O) groups excluding carboxylic acids is 1. The lowest BCUT2D eigenvalue weighted by atomic mass is 10.1. The van der Waals surface area contributed by atoms with Gasteiger partial charge in [-0.25, -0.2) is 4.39 Å². The van der Waals surface area contributed by atoms with Crippen LogP contribution >= 0.6 is 0 Å². The van der Waals surface area contributed by atoms with Crippen LogP contribution in [-0.2, 0) is 0 Å². The third-order valence-corrected chi connectivity index (χ3v) is 3.64. The molecule has 0 saturated heterocycles. The maximum Gasteiger partial charge on any atom is 0.251 e. The minimum Gasteiger partial charge on any atom is -0.492 e. The number of hydrogen-bond acceptors (Lipinski definition) is 5. The van der Waals surface area contributed by atoms with Crippen molar-refractivity contribution in [3.8, 4) is 23.0 Å². The van der Waals surface area contributed by atoms with Crippen LogP contribution in [0.2, 0.25) is 0 Å². The van der Waals surface area contributed by atoms with E-state index in [2.05, 4.69) is 5.32 Å². The van der Waals surface area contributed by atoms with Crippen molar-refractivity contribution >= 4 is 5.91 Å². The van der Waals surface area contributed by atoms with Gasteiger partial charge in [0.1, 0.15) is 18.2 Å². The summed E-state index contributed by atoms with van der Waals surface area (Å²) < 4.78 is 35.2. The van der Waals surface area contributed by atoms with Crippen LogP contribution in [0, 0.1) is 5.82 Å². The molecule has 0 unspecified atom stereocenters.